The number of methoxy groups -OCH3 is 2. The number of nitrogens with one attached hydrogen (secondary N) is 2. The highest BCUT2D eigenvalue weighted by atomic mass is 16.5. The fourth-order valence-electron chi connectivity index (χ4n) is 1.95. The molecule has 0 radical (unpaired) electrons. The van der Waals surface area contributed by atoms with Gasteiger partial charge in [-0.3, -0.25) is 4.79 Å². The number of ether oxygens (including phenoxy) is 2. The van der Waals surface area contributed by atoms with Crippen LogP contribution in [-0.4, -0.2) is 57.7 Å². The first kappa shape index (κ1) is 20.6. The van der Waals surface area contributed by atoms with Gasteiger partial charge in [0, 0.05) is 20.1 Å². The quantitative estimate of drug-likeness (QED) is 0.550. The van der Waals surface area contributed by atoms with Gasteiger partial charge in [-0.25, -0.2) is 4.99 Å². The monoisotopic (exact) mass is 350 g/mol. The molecule has 0 aliphatic carbocycles. The van der Waals surface area contributed by atoms with Crippen molar-refractivity contribution in [2.24, 2.45) is 4.99 Å². The van der Waals surface area contributed by atoms with E-state index in [0.29, 0.717) is 24.0 Å². The first-order valence-electron chi connectivity index (χ1n) is 8.37. The Morgan fingerprint density at radius 1 is 1.24 bits per heavy atom. The summed E-state index contributed by atoms with van der Waals surface area (Å²) < 4.78 is 10.6. The standard InChI is InChI=1S/C18H30N4O3/c1-7-13(2)21-18(20-12-17(23)22(3)4)19-11-14-8-9-15(24-5)16(10-14)25-6/h8-10,13H,7,11-12H2,1-6H3,(H2,19,20,21). The van der Waals surface area contributed by atoms with Gasteiger partial charge in [0.05, 0.1) is 27.3 Å². The molecule has 1 aromatic carbocycles. The molecule has 7 heteroatoms. The Balaban J connectivity index is 2.84. The van der Waals surface area contributed by atoms with Gasteiger partial charge in [0.15, 0.2) is 17.5 Å². The number of aliphatic imine (C=N–C) groups is 1. The van der Waals surface area contributed by atoms with Crippen molar-refractivity contribution in [3.63, 3.8) is 0 Å². The minimum atomic E-state index is -0.00947. The summed E-state index contributed by atoms with van der Waals surface area (Å²) in [6.45, 7) is 4.82. The van der Waals surface area contributed by atoms with Crippen LogP contribution in [0.5, 0.6) is 11.5 Å². The normalized spacial score (nSPS) is 12.3. The number of nitrogens with zero attached hydrogens (tertiary/aromatic N) is 2. The van der Waals surface area contributed by atoms with Crippen molar-refractivity contribution in [2.75, 3.05) is 34.9 Å². The predicted molar refractivity (Wildman–Crippen MR) is 100 cm³/mol. The Kier molecular flexibility index (Phi) is 8.60. The maximum atomic E-state index is 11.8. The molecule has 25 heavy (non-hydrogen) atoms. The highest BCUT2D eigenvalue weighted by Gasteiger charge is 2.09. The maximum absolute atomic E-state index is 11.8. The smallest absolute Gasteiger partial charge is 0.241 e. The first-order valence-corrected chi connectivity index (χ1v) is 8.37. The van der Waals surface area contributed by atoms with Crippen molar-refractivity contribution in [3.8, 4) is 11.5 Å². The molecule has 0 heterocycles. The van der Waals surface area contributed by atoms with Crippen LogP contribution < -0.4 is 20.1 Å². The lowest BCUT2D eigenvalue weighted by Gasteiger charge is -2.18. The van der Waals surface area contributed by atoms with Gasteiger partial charge in [0.1, 0.15) is 0 Å². The lowest BCUT2D eigenvalue weighted by molar-refractivity contribution is -0.127. The zero-order chi connectivity index (χ0) is 18.8. The molecule has 0 fully saturated rings. The molecule has 0 saturated carbocycles. The summed E-state index contributed by atoms with van der Waals surface area (Å²) in [5.74, 6) is 1.95. The van der Waals surface area contributed by atoms with Crippen LogP contribution in [0.4, 0.5) is 0 Å². The molecule has 0 aliphatic rings. The minimum absolute atomic E-state index is 0.00947. The zero-order valence-electron chi connectivity index (χ0n) is 16.0. The van der Waals surface area contributed by atoms with E-state index in [1.165, 1.54) is 0 Å². The van der Waals surface area contributed by atoms with Gasteiger partial charge >= 0.3 is 0 Å². The lowest BCUT2D eigenvalue weighted by atomic mass is 10.2. The molecular weight excluding hydrogens is 320 g/mol. The molecule has 1 atom stereocenters. The number of hydrogen-bond acceptors (Lipinski definition) is 4. The van der Waals surface area contributed by atoms with Crippen molar-refractivity contribution >= 4 is 11.9 Å². The van der Waals surface area contributed by atoms with Gasteiger partial charge in [0.25, 0.3) is 0 Å². The van der Waals surface area contributed by atoms with Gasteiger partial charge in [-0.15, -0.1) is 0 Å². The highest BCUT2D eigenvalue weighted by Crippen LogP contribution is 2.27. The first-order chi connectivity index (χ1) is 11.9. The molecule has 1 unspecified atom stereocenters. The largest absolute Gasteiger partial charge is 0.493 e. The third-order valence-corrected chi connectivity index (χ3v) is 3.77. The van der Waals surface area contributed by atoms with E-state index >= 15 is 0 Å². The van der Waals surface area contributed by atoms with E-state index in [2.05, 4.69) is 29.5 Å². The summed E-state index contributed by atoms with van der Waals surface area (Å²) in [4.78, 5) is 17.9. The molecule has 140 valence electrons. The SMILES string of the molecule is CCC(C)NC(=NCc1ccc(OC)c(OC)c1)NCC(=O)N(C)C. The number of benzene rings is 1. The molecule has 1 rings (SSSR count). The van der Waals surface area contributed by atoms with Crippen LogP contribution in [0.15, 0.2) is 23.2 Å². The van der Waals surface area contributed by atoms with Crippen LogP contribution in [0.3, 0.4) is 0 Å². The fourth-order valence-corrected chi connectivity index (χ4v) is 1.95. The number of carbonyl (C=O) groups excluding carboxylic acids is 1. The van der Waals surface area contributed by atoms with Crippen LogP contribution in [0.25, 0.3) is 0 Å². The van der Waals surface area contributed by atoms with Crippen LogP contribution in [0.1, 0.15) is 25.8 Å². The number of guanidine groups is 1. The summed E-state index contributed by atoms with van der Waals surface area (Å²) in [5.41, 5.74) is 0.988. The summed E-state index contributed by atoms with van der Waals surface area (Å²) in [6.07, 6.45) is 0.957. The van der Waals surface area contributed by atoms with Gasteiger partial charge in [0.2, 0.25) is 5.91 Å². The lowest BCUT2D eigenvalue weighted by Crippen LogP contribution is -2.45. The highest BCUT2D eigenvalue weighted by molar-refractivity contribution is 5.86. The molecular formula is C18H30N4O3. The molecule has 0 aromatic heterocycles. The van der Waals surface area contributed by atoms with E-state index in [0.717, 1.165) is 12.0 Å². The molecule has 1 amide bonds. The van der Waals surface area contributed by atoms with Gasteiger partial charge < -0.3 is 25.0 Å². The van der Waals surface area contributed by atoms with E-state index in [1.807, 2.05) is 18.2 Å². The third-order valence-electron chi connectivity index (χ3n) is 3.77. The van der Waals surface area contributed by atoms with Gasteiger partial charge in [-0.05, 0) is 31.0 Å². The summed E-state index contributed by atoms with van der Waals surface area (Å²) in [6, 6.07) is 5.95. The number of likely N-dealkylation sites (N-methyl/N-ethyl adjacent to an activating group) is 1. The van der Waals surface area contributed by atoms with E-state index in [4.69, 9.17) is 9.47 Å². The van der Waals surface area contributed by atoms with E-state index < -0.39 is 0 Å². The van der Waals surface area contributed by atoms with E-state index in [-0.39, 0.29) is 18.5 Å². The molecule has 2 N–H and O–H groups in total. The second-order valence-corrected chi connectivity index (χ2v) is 5.95. The van der Waals surface area contributed by atoms with Crippen LogP contribution in [-0.2, 0) is 11.3 Å². The van der Waals surface area contributed by atoms with Crippen molar-refractivity contribution < 1.29 is 14.3 Å². The zero-order valence-corrected chi connectivity index (χ0v) is 16.0. The molecule has 7 nitrogen and oxygen atoms in total. The van der Waals surface area contributed by atoms with E-state index in [9.17, 15) is 4.79 Å². The Morgan fingerprint density at radius 2 is 1.92 bits per heavy atom. The van der Waals surface area contributed by atoms with Crippen molar-refractivity contribution in [3.05, 3.63) is 23.8 Å². The molecule has 1 aromatic rings. The number of rotatable bonds is 8. The van der Waals surface area contributed by atoms with Gasteiger partial charge in [-0.1, -0.05) is 13.0 Å². The average Bonchev–Trinajstić information content (AvgIpc) is 2.62. The number of hydrogen-bond donors (Lipinski definition) is 2. The van der Waals surface area contributed by atoms with E-state index in [1.54, 1.807) is 33.2 Å². The Bertz CT molecular complexity index is 588. The minimum Gasteiger partial charge on any atom is -0.493 e. The Morgan fingerprint density at radius 3 is 2.48 bits per heavy atom. The van der Waals surface area contributed by atoms with Crippen molar-refractivity contribution in [1.82, 2.24) is 15.5 Å². The maximum Gasteiger partial charge on any atom is 0.241 e. The van der Waals surface area contributed by atoms with Crippen molar-refractivity contribution in [1.29, 1.82) is 0 Å². The second-order valence-electron chi connectivity index (χ2n) is 5.95. The number of amides is 1. The fraction of sp³-hybridized carbons (Fsp3) is 0.556. The van der Waals surface area contributed by atoms with Gasteiger partial charge in [-0.2, -0.15) is 0 Å². The Hall–Kier alpha value is -2.44. The summed E-state index contributed by atoms with van der Waals surface area (Å²) in [5, 5.41) is 6.37. The summed E-state index contributed by atoms with van der Waals surface area (Å²) >= 11 is 0. The average molecular weight is 350 g/mol. The predicted octanol–water partition coefficient (Wildman–Crippen LogP) is 1.63. The third kappa shape index (κ3) is 6.91. The Labute approximate surface area is 150 Å². The number of carbonyl (C=O) groups is 1. The van der Waals surface area contributed by atoms with Crippen LogP contribution >= 0.6 is 0 Å². The van der Waals surface area contributed by atoms with Crippen LogP contribution in [0.2, 0.25) is 0 Å². The molecule has 0 spiro atoms. The van der Waals surface area contributed by atoms with Crippen LogP contribution in [0, 0.1) is 0 Å². The topological polar surface area (TPSA) is 75.2 Å². The van der Waals surface area contributed by atoms with Crippen molar-refractivity contribution in [2.45, 2.75) is 32.9 Å². The molecule has 0 aliphatic heterocycles. The molecule has 0 saturated heterocycles. The summed E-state index contributed by atoms with van der Waals surface area (Å²) in [7, 11) is 6.67. The molecule has 0 bridgehead atoms. The second kappa shape index (κ2) is 10.4.